The fourth-order valence-corrected chi connectivity index (χ4v) is 1.95. The van der Waals surface area contributed by atoms with E-state index in [1.165, 1.54) is 18.4 Å². The van der Waals surface area contributed by atoms with Crippen LogP contribution in [0.15, 0.2) is 24.3 Å². The predicted octanol–water partition coefficient (Wildman–Crippen LogP) is 2.59. The standard InChI is InChI=1S/C13H19FN2/c14-8-1-9-16(13-6-7-13)10-11-2-4-12(15)5-3-11/h2-5,13H,1,6-10,15H2. The molecule has 1 aliphatic carbocycles. The Morgan fingerprint density at radius 2 is 1.94 bits per heavy atom. The van der Waals surface area contributed by atoms with Crippen molar-refractivity contribution in [3.63, 3.8) is 0 Å². The van der Waals surface area contributed by atoms with Crippen molar-refractivity contribution in [1.82, 2.24) is 4.90 Å². The van der Waals surface area contributed by atoms with Crippen LogP contribution in [0.5, 0.6) is 0 Å². The summed E-state index contributed by atoms with van der Waals surface area (Å²) in [7, 11) is 0. The highest BCUT2D eigenvalue weighted by Gasteiger charge is 2.28. The lowest BCUT2D eigenvalue weighted by Crippen LogP contribution is -2.27. The quantitative estimate of drug-likeness (QED) is 0.750. The van der Waals surface area contributed by atoms with E-state index in [-0.39, 0.29) is 6.67 Å². The maximum Gasteiger partial charge on any atom is 0.0906 e. The summed E-state index contributed by atoms with van der Waals surface area (Å²) in [4.78, 5) is 2.38. The lowest BCUT2D eigenvalue weighted by molar-refractivity contribution is 0.241. The van der Waals surface area contributed by atoms with Crippen molar-refractivity contribution in [1.29, 1.82) is 0 Å². The number of nitrogens with two attached hydrogens (primary N) is 1. The summed E-state index contributed by atoms with van der Waals surface area (Å²) in [5.41, 5.74) is 7.71. The Hall–Kier alpha value is -1.09. The van der Waals surface area contributed by atoms with Crippen LogP contribution in [0.4, 0.5) is 10.1 Å². The summed E-state index contributed by atoms with van der Waals surface area (Å²) in [5, 5.41) is 0. The number of nitrogen functional groups attached to an aromatic ring is 1. The van der Waals surface area contributed by atoms with Gasteiger partial charge in [0.1, 0.15) is 0 Å². The maximum atomic E-state index is 12.2. The topological polar surface area (TPSA) is 29.3 Å². The van der Waals surface area contributed by atoms with Gasteiger partial charge in [-0.05, 0) is 37.0 Å². The van der Waals surface area contributed by atoms with Crippen molar-refractivity contribution in [2.45, 2.75) is 31.8 Å². The van der Waals surface area contributed by atoms with Gasteiger partial charge in [0, 0.05) is 24.8 Å². The van der Waals surface area contributed by atoms with Crippen LogP contribution in [0.2, 0.25) is 0 Å². The first-order chi connectivity index (χ1) is 7.79. The Labute approximate surface area is 96.2 Å². The van der Waals surface area contributed by atoms with Gasteiger partial charge in [0.15, 0.2) is 0 Å². The lowest BCUT2D eigenvalue weighted by Gasteiger charge is -2.21. The Bertz CT molecular complexity index is 319. The number of benzene rings is 1. The van der Waals surface area contributed by atoms with Gasteiger partial charge >= 0.3 is 0 Å². The first kappa shape index (κ1) is 11.4. The van der Waals surface area contributed by atoms with Crippen molar-refractivity contribution in [3.8, 4) is 0 Å². The number of nitrogens with zero attached hydrogens (tertiary/aromatic N) is 1. The fourth-order valence-electron chi connectivity index (χ4n) is 1.95. The van der Waals surface area contributed by atoms with Gasteiger partial charge in [0.05, 0.1) is 6.67 Å². The van der Waals surface area contributed by atoms with E-state index in [4.69, 9.17) is 5.73 Å². The highest BCUT2D eigenvalue weighted by molar-refractivity contribution is 5.39. The molecule has 0 atom stereocenters. The molecule has 0 aliphatic heterocycles. The van der Waals surface area contributed by atoms with Gasteiger partial charge in [0.2, 0.25) is 0 Å². The van der Waals surface area contributed by atoms with Crippen LogP contribution in [-0.2, 0) is 6.54 Å². The van der Waals surface area contributed by atoms with E-state index in [0.29, 0.717) is 12.5 Å². The van der Waals surface area contributed by atoms with E-state index in [1.807, 2.05) is 12.1 Å². The van der Waals surface area contributed by atoms with Gasteiger partial charge < -0.3 is 5.73 Å². The smallest absolute Gasteiger partial charge is 0.0906 e. The van der Waals surface area contributed by atoms with Gasteiger partial charge in [-0.2, -0.15) is 0 Å². The van der Waals surface area contributed by atoms with Crippen LogP contribution >= 0.6 is 0 Å². The zero-order valence-electron chi connectivity index (χ0n) is 9.53. The molecule has 16 heavy (non-hydrogen) atoms. The zero-order chi connectivity index (χ0) is 11.4. The minimum Gasteiger partial charge on any atom is -0.399 e. The molecule has 1 saturated carbocycles. The van der Waals surface area contributed by atoms with E-state index >= 15 is 0 Å². The Morgan fingerprint density at radius 1 is 1.25 bits per heavy atom. The predicted molar refractivity (Wildman–Crippen MR) is 64.9 cm³/mol. The fraction of sp³-hybridized carbons (Fsp3) is 0.538. The van der Waals surface area contributed by atoms with Crippen LogP contribution in [0.25, 0.3) is 0 Å². The van der Waals surface area contributed by atoms with Gasteiger partial charge in [0.25, 0.3) is 0 Å². The van der Waals surface area contributed by atoms with E-state index in [0.717, 1.165) is 18.8 Å². The van der Waals surface area contributed by atoms with E-state index in [9.17, 15) is 4.39 Å². The van der Waals surface area contributed by atoms with Gasteiger partial charge in [-0.3, -0.25) is 9.29 Å². The Balaban J connectivity index is 1.91. The van der Waals surface area contributed by atoms with Crippen LogP contribution in [-0.4, -0.2) is 24.2 Å². The second-order valence-corrected chi connectivity index (χ2v) is 4.49. The molecule has 88 valence electrons. The van der Waals surface area contributed by atoms with Crippen molar-refractivity contribution < 1.29 is 4.39 Å². The maximum absolute atomic E-state index is 12.2. The van der Waals surface area contributed by atoms with Crippen molar-refractivity contribution in [3.05, 3.63) is 29.8 Å². The van der Waals surface area contributed by atoms with Crippen LogP contribution in [0.3, 0.4) is 0 Å². The number of anilines is 1. The second-order valence-electron chi connectivity index (χ2n) is 4.49. The zero-order valence-corrected chi connectivity index (χ0v) is 9.53. The van der Waals surface area contributed by atoms with E-state index in [1.54, 1.807) is 0 Å². The average molecular weight is 222 g/mol. The lowest BCUT2D eigenvalue weighted by atomic mass is 10.2. The normalized spacial score (nSPS) is 15.6. The van der Waals surface area contributed by atoms with Crippen LogP contribution in [0.1, 0.15) is 24.8 Å². The minimum absolute atomic E-state index is 0.217. The van der Waals surface area contributed by atoms with Crippen molar-refractivity contribution in [2.24, 2.45) is 0 Å². The molecular formula is C13H19FN2. The summed E-state index contributed by atoms with van der Waals surface area (Å²) in [6, 6.07) is 8.65. The molecule has 1 aromatic carbocycles. The van der Waals surface area contributed by atoms with Gasteiger partial charge in [-0.25, -0.2) is 0 Å². The molecule has 0 amide bonds. The van der Waals surface area contributed by atoms with Crippen molar-refractivity contribution >= 4 is 5.69 Å². The van der Waals surface area contributed by atoms with Crippen LogP contribution in [0, 0.1) is 0 Å². The molecule has 2 N–H and O–H groups in total. The number of halogens is 1. The van der Waals surface area contributed by atoms with Gasteiger partial charge in [-0.15, -0.1) is 0 Å². The molecule has 0 saturated heterocycles. The first-order valence-electron chi connectivity index (χ1n) is 5.94. The van der Waals surface area contributed by atoms with E-state index in [2.05, 4.69) is 17.0 Å². The molecule has 0 aromatic heterocycles. The SMILES string of the molecule is Nc1ccc(CN(CCCF)C2CC2)cc1. The molecular weight excluding hydrogens is 203 g/mol. The third-order valence-electron chi connectivity index (χ3n) is 3.01. The third kappa shape index (κ3) is 3.20. The number of hydrogen-bond acceptors (Lipinski definition) is 2. The molecule has 0 spiro atoms. The first-order valence-corrected chi connectivity index (χ1v) is 5.94. The van der Waals surface area contributed by atoms with E-state index < -0.39 is 0 Å². The third-order valence-corrected chi connectivity index (χ3v) is 3.01. The number of alkyl halides is 1. The van der Waals surface area contributed by atoms with Gasteiger partial charge in [-0.1, -0.05) is 12.1 Å². The highest BCUT2D eigenvalue weighted by Crippen LogP contribution is 2.28. The average Bonchev–Trinajstić information content (AvgIpc) is 3.11. The molecule has 2 nitrogen and oxygen atoms in total. The largest absolute Gasteiger partial charge is 0.399 e. The summed E-state index contributed by atoms with van der Waals surface area (Å²) in [6.45, 7) is 1.57. The minimum atomic E-state index is -0.217. The molecule has 1 aliphatic rings. The number of rotatable bonds is 6. The monoisotopic (exact) mass is 222 g/mol. The molecule has 1 aromatic rings. The molecule has 2 rings (SSSR count). The highest BCUT2D eigenvalue weighted by atomic mass is 19.1. The summed E-state index contributed by atoms with van der Waals surface area (Å²) >= 11 is 0. The summed E-state index contributed by atoms with van der Waals surface area (Å²) < 4.78 is 12.2. The molecule has 1 fully saturated rings. The van der Waals surface area contributed by atoms with Crippen LogP contribution < -0.4 is 5.73 Å². The second kappa shape index (κ2) is 5.30. The molecule has 3 heteroatoms. The Morgan fingerprint density at radius 3 is 2.50 bits per heavy atom. The summed E-state index contributed by atoms with van der Waals surface area (Å²) in [6.07, 6.45) is 3.17. The Kier molecular flexibility index (Phi) is 3.78. The number of hydrogen-bond donors (Lipinski definition) is 1. The molecule has 0 bridgehead atoms. The molecule has 0 radical (unpaired) electrons. The van der Waals surface area contributed by atoms with Crippen molar-refractivity contribution in [2.75, 3.05) is 19.0 Å². The molecule has 0 heterocycles. The molecule has 0 unspecified atom stereocenters. The summed E-state index contributed by atoms with van der Waals surface area (Å²) in [5.74, 6) is 0.